The van der Waals surface area contributed by atoms with Gasteiger partial charge in [0.25, 0.3) is 0 Å². The molecule has 0 atom stereocenters. The van der Waals surface area contributed by atoms with Gasteiger partial charge in [-0.3, -0.25) is 9.80 Å². The zero-order valence-corrected chi connectivity index (χ0v) is 11.2. The number of hydrogen-bond acceptors (Lipinski definition) is 3. The Hall–Kier alpha value is -0.970. The molecule has 0 radical (unpaired) electrons. The van der Waals surface area contributed by atoms with Crippen molar-refractivity contribution in [1.29, 1.82) is 0 Å². The normalized spacial score (nSPS) is 17.3. The van der Waals surface area contributed by atoms with Crippen molar-refractivity contribution in [1.82, 2.24) is 15.1 Å². The molecule has 1 aromatic rings. The quantitative estimate of drug-likeness (QED) is 0.873. The minimum atomic E-state index is -0.122. The Morgan fingerprint density at radius 2 is 2.06 bits per heavy atom. The van der Waals surface area contributed by atoms with E-state index in [9.17, 15) is 4.39 Å². The van der Waals surface area contributed by atoms with Gasteiger partial charge in [-0.1, -0.05) is 12.1 Å². The van der Waals surface area contributed by atoms with Gasteiger partial charge >= 0.3 is 0 Å². The van der Waals surface area contributed by atoms with Crippen LogP contribution in [0, 0.1) is 12.7 Å². The largest absolute Gasteiger partial charge is 0.314 e. The van der Waals surface area contributed by atoms with E-state index >= 15 is 0 Å². The van der Waals surface area contributed by atoms with Crippen LogP contribution in [0.3, 0.4) is 0 Å². The molecule has 0 amide bonds. The Morgan fingerprint density at radius 1 is 1.33 bits per heavy atom. The average Bonchev–Trinajstić information content (AvgIpc) is 2.35. The van der Waals surface area contributed by atoms with E-state index in [1.54, 1.807) is 6.07 Å². The molecule has 18 heavy (non-hydrogen) atoms. The zero-order valence-electron chi connectivity index (χ0n) is 11.2. The van der Waals surface area contributed by atoms with E-state index in [1.807, 2.05) is 19.1 Å². The Morgan fingerprint density at radius 3 is 2.72 bits per heavy atom. The third-order valence-corrected chi connectivity index (χ3v) is 3.33. The van der Waals surface area contributed by atoms with Gasteiger partial charge in [-0.05, 0) is 31.2 Å². The van der Waals surface area contributed by atoms with Crippen LogP contribution in [0.2, 0.25) is 0 Å². The van der Waals surface area contributed by atoms with Crippen molar-refractivity contribution in [3.05, 3.63) is 35.1 Å². The van der Waals surface area contributed by atoms with E-state index in [-0.39, 0.29) is 5.82 Å². The third kappa shape index (κ3) is 3.77. The lowest BCUT2D eigenvalue weighted by atomic mass is 10.1. The van der Waals surface area contributed by atoms with Crippen molar-refractivity contribution in [3.63, 3.8) is 0 Å². The highest BCUT2D eigenvalue weighted by Gasteiger charge is 2.11. The topological polar surface area (TPSA) is 18.5 Å². The molecule has 0 spiro atoms. The first kappa shape index (κ1) is 13.5. The van der Waals surface area contributed by atoms with E-state index in [4.69, 9.17) is 0 Å². The van der Waals surface area contributed by atoms with Gasteiger partial charge < -0.3 is 5.32 Å². The second-order valence-corrected chi connectivity index (χ2v) is 5.11. The van der Waals surface area contributed by atoms with Crippen LogP contribution in [0.25, 0.3) is 0 Å². The number of nitrogens with one attached hydrogen (secondary N) is 1. The summed E-state index contributed by atoms with van der Waals surface area (Å²) in [5.41, 5.74) is 1.90. The maximum absolute atomic E-state index is 13.2. The van der Waals surface area contributed by atoms with Gasteiger partial charge in [-0.25, -0.2) is 4.39 Å². The molecule has 1 aliphatic heterocycles. The van der Waals surface area contributed by atoms with Gasteiger partial charge in [0.2, 0.25) is 0 Å². The lowest BCUT2D eigenvalue weighted by Gasteiger charge is -2.31. The minimum Gasteiger partial charge on any atom is -0.314 e. The van der Waals surface area contributed by atoms with Gasteiger partial charge in [0.05, 0.1) is 6.67 Å². The average molecular weight is 251 g/mol. The second-order valence-electron chi connectivity index (χ2n) is 5.11. The lowest BCUT2D eigenvalue weighted by molar-refractivity contribution is 0.135. The Labute approximate surface area is 109 Å². The van der Waals surface area contributed by atoms with Gasteiger partial charge in [-0.15, -0.1) is 0 Å². The summed E-state index contributed by atoms with van der Waals surface area (Å²) in [7, 11) is 2.11. The lowest BCUT2D eigenvalue weighted by Crippen LogP contribution is -2.47. The van der Waals surface area contributed by atoms with E-state index in [2.05, 4.69) is 22.2 Å². The summed E-state index contributed by atoms with van der Waals surface area (Å²) < 4.78 is 13.2. The number of piperazine rings is 1. The van der Waals surface area contributed by atoms with Crippen molar-refractivity contribution in [3.8, 4) is 0 Å². The molecule has 100 valence electrons. The van der Waals surface area contributed by atoms with E-state index in [1.165, 1.54) is 5.56 Å². The number of hydrogen-bond donors (Lipinski definition) is 1. The summed E-state index contributed by atoms with van der Waals surface area (Å²) in [5, 5.41) is 3.35. The monoisotopic (exact) mass is 251 g/mol. The van der Waals surface area contributed by atoms with Crippen molar-refractivity contribution in [2.75, 3.05) is 39.9 Å². The van der Waals surface area contributed by atoms with E-state index in [0.29, 0.717) is 0 Å². The van der Waals surface area contributed by atoms with Crippen molar-refractivity contribution >= 4 is 0 Å². The first-order valence-electron chi connectivity index (χ1n) is 6.52. The summed E-state index contributed by atoms with van der Waals surface area (Å²) in [4.78, 5) is 4.71. The molecule has 1 heterocycles. The fourth-order valence-corrected chi connectivity index (χ4v) is 2.36. The highest BCUT2D eigenvalue weighted by atomic mass is 19.1. The maximum Gasteiger partial charge on any atom is 0.126 e. The van der Waals surface area contributed by atoms with Crippen molar-refractivity contribution in [2.24, 2.45) is 0 Å². The maximum atomic E-state index is 13.2. The smallest absolute Gasteiger partial charge is 0.126 e. The fraction of sp³-hybridized carbons (Fsp3) is 0.571. The first-order chi connectivity index (χ1) is 8.65. The molecule has 0 unspecified atom stereocenters. The molecular formula is C14H22FN3. The van der Waals surface area contributed by atoms with E-state index < -0.39 is 0 Å². The summed E-state index contributed by atoms with van der Waals surface area (Å²) in [5.74, 6) is -0.122. The molecule has 0 aliphatic carbocycles. The number of rotatable bonds is 4. The summed E-state index contributed by atoms with van der Waals surface area (Å²) in [6.45, 7) is 8.00. The number of nitrogens with zero attached hydrogens (tertiary/aromatic N) is 2. The third-order valence-electron chi connectivity index (χ3n) is 3.33. The van der Waals surface area contributed by atoms with Crippen molar-refractivity contribution in [2.45, 2.75) is 13.5 Å². The van der Waals surface area contributed by atoms with Crippen molar-refractivity contribution < 1.29 is 4.39 Å². The summed E-state index contributed by atoms with van der Waals surface area (Å²) in [6, 6.07) is 5.36. The standard InChI is InChI=1S/C14H22FN3/c1-12-9-13(3-4-14(12)15)10-17(2)11-18-7-5-16-6-8-18/h3-4,9,16H,5-8,10-11H2,1-2H3. The number of aryl methyl sites for hydroxylation is 1. The van der Waals surface area contributed by atoms with Gasteiger partial charge in [0, 0.05) is 32.7 Å². The fourth-order valence-electron chi connectivity index (χ4n) is 2.36. The molecule has 1 N–H and O–H groups in total. The highest BCUT2D eigenvalue weighted by molar-refractivity contribution is 5.23. The van der Waals surface area contributed by atoms with Crippen LogP contribution in [-0.2, 0) is 6.54 Å². The van der Waals surface area contributed by atoms with E-state index in [0.717, 1.165) is 45.0 Å². The van der Waals surface area contributed by atoms with Crippen LogP contribution in [0.4, 0.5) is 4.39 Å². The summed E-state index contributed by atoms with van der Waals surface area (Å²) >= 11 is 0. The molecular weight excluding hydrogens is 229 g/mol. The van der Waals surface area contributed by atoms with Crippen LogP contribution in [0.5, 0.6) is 0 Å². The first-order valence-corrected chi connectivity index (χ1v) is 6.52. The SMILES string of the molecule is Cc1cc(CN(C)CN2CCNCC2)ccc1F. The molecule has 0 bridgehead atoms. The van der Waals surface area contributed by atoms with Crippen LogP contribution < -0.4 is 5.32 Å². The molecule has 1 fully saturated rings. The Kier molecular flexibility index (Phi) is 4.69. The second kappa shape index (κ2) is 6.27. The zero-order chi connectivity index (χ0) is 13.0. The van der Waals surface area contributed by atoms with Gasteiger partial charge in [-0.2, -0.15) is 0 Å². The van der Waals surface area contributed by atoms with Crippen LogP contribution in [0.15, 0.2) is 18.2 Å². The Bertz CT molecular complexity index is 389. The predicted molar refractivity (Wildman–Crippen MR) is 71.9 cm³/mol. The van der Waals surface area contributed by atoms with Crippen LogP contribution >= 0.6 is 0 Å². The Balaban J connectivity index is 1.85. The van der Waals surface area contributed by atoms with Gasteiger partial charge in [0.1, 0.15) is 5.82 Å². The van der Waals surface area contributed by atoms with Gasteiger partial charge in [0.15, 0.2) is 0 Å². The molecule has 0 aromatic heterocycles. The number of benzene rings is 1. The highest BCUT2D eigenvalue weighted by Crippen LogP contribution is 2.11. The summed E-state index contributed by atoms with van der Waals surface area (Å²) in [6.07, 6.45) is 0. The molecule has 1 aliphatic rings. The minimum absolute atomic E-state index is 0.122. The molecule has 1 aromatic carbocycles. The molecule has 1 saturated heterocycles. The molecule has 4 heteroatoms. The van der Waals surface area contributed by atoms with Crippen LogP contribution in [-0.4, -0.2) is 49.7 Å². The molecule has 3 nitrogen and oxygen atoms in total. The number of halogens is 1. The predicted octanol–water partition coefficient (Wildman–Crippen LogP) is 1.43. The van der Waals surface area contributed by atoms with Crippen LogP contribution in [0.1, 0.15) is 11.1 Å². The molecule has 2 rings (SSSR count). The molecule has 0 saturated carbocycles.